The van der Waals surface area contributed by atoms with Gasteiger partial charge in [0.2, 0.25) is 5.91 Å². The Morgan fingerprint density at radius 2 is 1.93 bits per heavy atom. The lowest BCUT2D eigenvalue weighted by Crippen LogP contribution is -2.32. The van der Waals surface area contributed by atoms with Crippen molar-refractivity contribution in [2.45, 2.75) is 82.8 Å². The first-order valence-corrected chi connectivity index (χ1v) is 11.4. The zero-order valence-electron chi connectivity index (χ0n) is 18.3. The van der Waals surface area contributed by atoms with Gasteiger partial charge in [0.1, 0.15) is 0 Å². The third-order valence-corrected chi connectivity index (χ3v) is 5.75. The smallest absolute Gasteiger partial charge is 0.305 e. The predicted octanol–water partition coefficient (Wildman–Crippen LogP) is 4.43. The third-order valence-electron chi connectivity index (χ3n) is 5.75. The molecule has 2 rings (SSSR count). The fourth-order valence-electron chi connectivity index (χ4n) is 3.93. The molecule has 1 aromatic carbocycles. The number of esters is 1. The summed E-state index contributed by atoms with van der Waals surface area (Å²) in [5.41, 5.74) is 1.34. The van der Waals surface area contributed by atoms with E-state index in [4.69, 9.17) is 0 Å². The van der Waals surface area contributed by atoms with Gasteiger partial charge in [0.25, 0.3) is 0 Å². The number of carbonyl (C=O) groups is 2. The summed E-state index contributed by atoms with van der Waals surface area (Å²) in [6.45, 7) is 0.749. The standard InChI is InChI=1S/C25H37NO4/c1-30-25(29)15-7-2-3-10-20-26-22(17-19-24(26)28)16-18-23(27)14-9-8-13-21-11-5-4-6-12-21/h4-6,11-12,16,18,22-23,27H,2-3,7-10,13-15,17,19-20H2,1H3. The van der Waals surface area contributed by atoms with Crippen molar-refractivity contribution in [3.63, 3.8) is 0 Å². The van der Waals surface area contributed by atoms with Crippen LogP contribution in [0.5, 0.6) is 0 Å². The van der Waals surface area contributed by atoms with Crippen molar-refractivity contribution in [3.8, 4) is 0 Å². The van der Waals surface area contributed by atoms with E-state index in [0.29, 0.717) is 12.8 Å². The number of amides is 1. The number of hydrogen-bond donors (Lipinski definition) is 1. The first-order chi connectivity index (χ1) is 14.6. The molecule has 1 aliphatic rings. The summed E-state index contributed by atoms with van der Waals surface area (Å²) in [7, 11) is 1.41. The van der Waals surface area contributed by atoms with Gasteiger partial charge in [-0.25, -0.2) is 0 Å². The Balaban J connectivity index is 1.62. The van der Waals surface area contributed by atoms with Crippen molar-refractivity contribution in [3.05, 3.63) is 48.0 Å². The van der Waals surface area contributed by atoms with Crippen LogP contribution in [0.3, 0.4) is 0 Å². The van der Waals surface area contributed by atoms with Gasteiger partial charge in [0, 0.05) is 19.4 Å². The van der Waals surface area contributed by atoms with Gasteiger partial charge in [-0.1, -0.05) is 61.7 Å². The van der Waals surface area contributed by atoms with E-state index in [2.05, 4.69) is 29.0 Å². The maximum atomic E-state index is 12.2. The van der Waals surface area contributed by atoms with Crippen LogP contribution in [0.15, 0.2) is 42.5 Å². The lowest BCUT2D eigenvalue weighted by Gasteiger charge is -2.22. The molecule has 2 unspecified atom stereocenters. The van der Waals surface area contributed by atoms with Crippen molar-refractivity contribution < 1.29 is 19.4 Å². The van der Waals surface area contributed by atoms with Crippen molar-refractivity contribution in [1.29, 1.82) is 0 Å². The minimum absolute atomic E-state index is 0.103. The van der Waals surface area contributed by atoms with Crippen LogP contribution in [0.2, 0.25) is 0 Å². The number of aliphatic hydroxyl groups is 1. The minimum atomic E-state index is -0.448. The van der Waals surface area contributed by atoms with E-state index in [1.54, 1.807) is 0 Å². The van der Waals surface area contributed by atoms with Crippen LogP contribution in [0, 0.1) is 0 Å². The van der Waals surface area contributed by atoms with Crippen LogP contribution in [-0.4, -0.2) is 47.7 Å². The van der Waals surface area contributed by atoms with Crippen LogP contribution in [0.25, 0.3) is 0 Å². The van der Waals surface area contributed by atoms with Gasteiger partial charge in [-0.3, -0.25) is 9.59 Å². The summed E-state index contributed by atoms with van der Waals surface area (Å²) in [5, 5.41) is 10.3. The number of rotatable bonds is 14. The number of aliphatic hydroxyl groups excluding tert-OH is 1. The second-order valence-corrected chi connectivity index (χ2v) is 8.12. The average molecular weight is 416 g/mol. The first-order valence-electron chi connectivity index (χ1n) is 11.4. The molecular weight excluding hydrogens is 378 g/mol. The summed E-state index contributed by atoms with van der Waals surface area (Å²) < 4.78 is 4.64. The molecule has 5 nitrogen and oxygen atoms in total. The van der Waals surface area contributed by atoms with Crippen LogP contribution in [0.1, 0.15) is 69.8 Å². The number of nitrogens with zero attached hydrogens (tertiary/aromatic N) is 1. The molecule has 1 heterocycles. The van der Waals surface area contributed by atoms with E-state index in [1.807, 2.05) is 23.1 Å². The quantitative estimate of drug-likeness (QED) is 0.277. The van der Waals surface area contributed by atoms with Crippen molar-refractivity contribution in [2.75, 3.05) is 13.7 Å². The van der Waals surface area contributed by atoms with Crippen molar-refractivity contribution >= 4 is 11.9 Å². The third kappa shape index (κ3) is 9.12. The van der Waals surface area contributed by atoms with E-state index in [0.717, 1.165) is 64.3 Å². The highest BCUT2D eigenvalue weighted by atomic mass is 16.5. The number of carbonyl (C=O) groups excluding carboxylic acids is 2. The Morgan fingerprint density at radius 1 is 1.17 bits per heavy atom. The lowest BCUT2D eigenvalue weighted by molar-refractivity contribution is -0.140. The zero-order chi connectivity index (χ0) is 21.6. The molecule has 0 saturated carbocycles. The van der Waals surface area contributed by atoms with Gasteiger partial charge >= 0.3 is 5.97 Å². The molecule has 30 heavy (non-hydrogen) atoms. The molecule has 0 bridgehead atoms. The molecule has 1 aliphatic heterocycles. The maximum absolute atomic E-state index is 12.2. The van der Waals surface area contributed by atoms with E-state index < -0.39 is 6.10 Å². The number of aryl methyl sites for hydroxylation is 1. The van der Waals surface area contributed by atoms with E-state index in [1.165, 1.54) is 12.7 Å². The summed E-state index contributed by atoms with van der Waals surface area (Å²) >= 11 is 0. The number of benzene rings is 1. The van der Waals surface area contributed by atoms with Crippen LogP contribution in [0.4, 0.5) is 0 Å². The fourth-order valence-corrected chi connectivity index (χ4v) is 3.93. The van der Waals surface area contributed by atoms with Crippen LogP contribution < -0.4 is 0 Å². The topological polar surface area (TPSA) is 66.8 Å². The number of ether oxygens (including phenoxy) is 1. The second kappa shape index (κ2) is 14.0. The Labute approximate surface area is 181 Å². The van der Waals surface area contributed by atoms with E-state index >= 15 is 0 Å². The minimum Gasteiger partial charge on any atom is -0.469 e. The number of hydrogen-bond acceptors (Lipinski definition) is 4. The van der Waals surface area contributed by atoms with Gasteiger partial charge < -0.3 is 14.7 Å². The molecule has 1 N–H and O–H groups in total. The molecule has 1 fully saturated rings. The van der Waals surface area contributed by atoms with Crippen LogP contribution in [-0.2, 0) is 20.7 Å². The molecule has 166 valence electrons. The highest BCUT2D eigenvalue weighted by Crippen LogP contribution is 2.21. The monoisotopic (exact) mass is 415 g/mol. The van der Waals surface area contributed by atoms with Gasteiger partial charge in [0.05, 0.1) is 19.3 Å². The molecular formula is C25H37NO4. The van der Waals surface area contributed by atoms with Gasteiger partial charge in [-0.05, 0) is 44.1 Å². The normalized spacial score (nSPS) is 17.6. The van der Waals surface area contributed by atoms with Crippen molar-refractivity contribution in [1.82, 2.24) is 4.90 Å². The summed E-state index contributed by atoms with van der Waals surface area (Å²) in [4.78, 5) is 25.2. The second-order valence-electron chi connectivity index (χ2n) is 8.12. The Hall–Kier alpha value is -2.14. The van der Waals surface area contributed by atoms with Gasteiger partial charge in [0.15, 0.2) is 0 Å². The summed E-state index contributed by atoms with van der Waals surface area (Å²) in [6, 6.07) is 10.5. The number of methoxy groups -OCH3 is 1. The highest BCUT2D eigenvalue weighted by Gasteiger charge is 2.28. The van der Waals surface area contributed by atoms with Crippen molar-refractivity contribution in [2.24, 2.45) is 0 Å². The fraction of sp³-hybridized carbons (Fsp3) is 0.600. The first kappa shape index (κ1) is 24.1. The van der Waals surface area contributed by atoms with E-state index in [-0.39, 0.29) is 17.9 Å². The summed E-state index contributed by atoms with van der Waals surface area (Å²) in [6.07, 6.45) is 12.9. The average Bonchev–Trinajstić information content (AvgIpc) is 3.12. The highest BCUT2D eigenvalue weighted by molar-refractivity contribution is 5.79. The maximum Gasteiger partial charge on any atom is 0.305 e. The van der Waals surface area contributed by atoms with Crippen LogP contribution >= 0.6 is 0 Å². The zero-order valence-corrected chi connectivity index (χ0v) is 18.3. The number of unbranched alkanes of at least 4 members (excludes halogenated alkanes) is 4. The van der Waals surface area contributed by atoms with Gasteiger partial charge in [-0.15, -0.1) is 0 Å². The summed E-state index contributed by atoms with van der Waals surface area (Å²) in [5.74, 6) is 0.0464. The lowest BCUT2D eigenvalue weighted by atomic mass is 10.0. The molecule has 1 saturated heterocycles. The molecule has 2 atom stereocenters. The molecule has 0 spiro atoms. The largest absolute Gasteiger partial charge is 0.469 e. The number of likely N-dealkylation sites (tertiary alicyclic amines) is 1. The molecule has 0 aliphatic carbocycles. The molecule has 1 amide bonds. The SMILES string of the molecule is COC(=O)CCCCCCN1C(=O)CCC1C=CC(O)CCCCc1ccccc1. The van der Waals surface area contributed by atoms with E-state index in [9.17, 15) is 14.7 Å². The molecule has 5 heteroatoms. The molecule has 0 aromatic heterocycles. The van der Waals surface area contributed by atoms with Gasteiger partial charge in [-0.2, -0.15) is 0 Å². The Kier molecular flexibility index (Phi) is 11.2. The Morgan fingerprint density at radius 3 is 2.70 bits per heavy atom. The predicted molar refractivity (Wildman–Crippen MR) is 119 cm³/mol. The Bertz CT molecular complexity index is 658. The molecule has 1 aromatic rings. The molecule has 0 radical (unpaired) electrons.